The molecule has 0 aliphatic carbocycles. The normalized spacial score (nSPS) is 12.9. The summed E-state index contributed by atoms with van der Waals surface area (Å²) in [6.07, 6.45) is 2.28. The summed E-state index contributed by atoms with van der Waals surface area (Å²) in [5.41, 5.74) is 8.19. The minimum absolute atomic E-state index is 0.607. The van der Waals surface area contributed by atoms with Crippen LogP contribution in [0.2, 0.25) is 0 Å². The van der Waals surface area contributed by atoms with Gasteiger partial charge in [-0.15, -0.1) is 0 Å². The number of rotatable bonds is 4. The van der Waals surface area contributed by atoms with E-state index in [-0.39, 0.29) is 0 Å². The van der Waals surface area contributed by atoms with Gasteiger partial charge < -0.3 is 5.73 Å². The lowest BCUT2D eigenvalue weighted by molar-refractivity contribution is 0.640. The van der Waals surface area contributed by atoms with Crippen LogP contribution in [-0.4, -0.2) is 6.54 Å². The van der Waals surface area contributed by atoms with Gasteiger partial charge in [0.1, 0.15) is 0 Å². The highest BCUT2D eigenvalue weighted by Gasteiger charge is 2.05. The van der Waals surface area contributed by atoms with E-state index in [0.29, 0.717) is 5.92 Å². The van der Waals surface area contributed by atoms with E-state index >= 15 is 0 Å². The lowest BCUT2D eigenvalue weighted by atomic mass is 9.95. The first-order chi connectivity index (χ1) is 6.65. The van der Waals surface area contributed by atoms with E-state index in [1.54, 1.807) is 0 Å². The zero-order valence-corrected chi connectivity index (χ0v) is 10.5. The summed E-state index contributed by atoms with van der Waals surface area (Å²) in [5, 5.41) is 0. The Morgan fingerprint density at radius 1 is 1.43 bits per heavy atom. The second-order valence-electron chi connectivity index (χ2n) is 3.84. The topological polar surface area (TPSA) is 26.0 Å². The highest BCUT2D eigenvalue weighted by atomic mass is 79.9. The molecule has 0 saturated heterocycles. The molecule has 0 aliphatic rings. The lowest BCUT2D eigenvalue weighted by Crippen LogP contribution is -2.02. The predicted molar refractivity (Wildman–Crippen MR) is 65.6 cm³/mol. The molecule has 0 heterocycles. The smallest absolute Gasteiger partial charge is 0.0207 e. The zero-order valence-electron chi connectivity index (χ0n) is 8.89. The van der Waals surface area contributed by atoms with Gasteiger partial charge in [-0.3, -0.25) is 0 Å². The Kier molecular flexibility index (Phi) is 4.63. The molecule has 1 aromatic rings. The Balaban J connectivity index is 2.70. The van der Waals surface area contributed by atoms with Crippen molar-refractivity contribution in [3.63, 3.8) is 0 Å². The minimum Gasteiger partial charge on any atom is -0.330 e. The number of halogens is 1. The van der Waals surface area contributed by atoms with Crippen LogP contribution in [-0.2, 0) is 0 Å². The van der Waals surface area contributed by atoms with E-state index < -0.39 is 0 Å². The van der Waals surface area contributed by atoms with Crippen LogP contribution >= 0.6 is 15.9 Å². The maximum Gasteiger partial charge on any atom is 0.0207 e. The third kappa shape index (κ3) is 3.10. The van der Waals surface area contributed by atoms with Crippen molar-refractivity contribution in [2.75, 3.05) is 6.54 Å². The molecule has 0 amide bonds. The fourth-order valence-electron chi connectivity index (χ4n) is 1.51. The summed E-state index contributed by atoms with van der Waals surface area (Å²) in [5.74, 6) is 0.607. The summed E-state index contributed by atoms with van der Waals surface area (Å²) in [4.78, 5) is 0. The van der Waals surface area contributed by atoms with Gasteiger partial charge in [0.2, 0.25) is 0 Å². The van der Waals surface area contributed by atoms with E-state index in [4.69, 9.17) is 5.73 Å². The Hall–Kier alpha value is -0.340. The van der Waals surface area contributed by atoms with Gasteiger partial charge >= 0.3 is 0 Å². The second-order valence-corrected chi connectivity index (χ2v) is 4.69. The van der Waals surface area contributed by atoms with Crippen LogP contribution in [0.1, 0.15) is 36.8 Å². The van der Waals surface area contributed by atoms with Gasteiger partial charge in [0, 0.05) is 4.47 Å². The average Bonchev–Trinajstić information content (AvgIpc) is 2.18. The Labute approximate surface area is 94.8 Å². The van der Waals surface area contributed by atoms with Crippen molar-refractivity contribution in [2.45, 2.75) is 32.6 Å². The summed E-state index contributed by atoms with van der Waals surface area (Å²) in [6, 6.07) is 6.59. The molecule has 0 fully saturated rings. The summed E-state index contributed by atoms with van der Waals surface area (Å²) >= 11 is 3.56. The van der Waals surface area contributed by atoms with Crippen LogP contribution in [0.4, 0.5) is 0 Å². The van der Waals surface area contributed by atoms with Gasteiger partial charge in [0.05, 0.1) is 0 Å². The summed E-state index contributed by atoms with van der Waals surface area (Å²) < 4.78 is 1.20. The first-order valence-corrected chi connectivity index (χ1v) is 5.90. The Bertz CT molecular complexity index is 296. The third-order valence-corrected chi connectivity index (χ3v) is 3.46. The van der Waals surface area contributed by atoms with E-state index in [1.807, 2.05) is 0 Å². The number of nitrogens with two attached hydrogens (primary N) is 1. The van der Waals surface area contributed by atoms with Crippen molar-refractivity contribution in [1.29, 1.82) is 0 Å². The van der Waals surface area contributed by atoms with Gasteiger partial charge in [0.15, 0.2) is 0 Å². The van der Waals surface area contributed by atoms with Gasteiger partial charge in [-0.1, -0.05) is 35.0 Å². The van der Waals surface area contributed by atoms with Crippen LogP contribution < -0.4 is 5.73 Å². The monoisotopic (exact) mass is 255 g/mol. The van der Waals surface area contributed by atoms with Crippen LogP contribution in [0.15, 0.2) is 22.7 Å². The molecule has 0 aliphatic heterocycles. The van der Waals surface area contributed by atoms with E-state index in [1.165, 1.54) is 22.0 Å². The van der Waals surface area contributed by atoms with Gasteiger partial charge in [0.25, 0.3) is 0 Å². The third-order valence-electron chi connectivity index (χ3n) is 2.61. The SMILES string of the molecule is Cc1ccc(C(C)CCCN)cc1Br. The zero-order chi connectivity index (χ0) is 10.6. The second kappa shape index (κ2) is 5.52. The molecule has 1 unspecified atom stereocenters. The molecule has 14 heavy (non-hydrogen) atoms. The van der Waals surface area contributed by atoms with E-state index in [9.17, 15) is 0 Å². The molecule has 0 radical (unpaired) electrons. The van der Waals surface area contributed by atoms with E-state index in [2.05, 4.69) is 48.0 Å². The summed E-state index contributed by atoms with van der Waals surface area (Å²) in [6.45, 7) is 5.16. The maximum absolute atomic E-state index is 5.50. The van der Waals surface area contributed by atoms with Crippen molar-refractivity contribution in [3.05, 3.63) is 33.8 Å². The molecule has 1 atom stereocenters. The van der Waals surface area contributed by atoms with Crippen LogP contribution in [0.5, 0.6) is 0 Å². The van der Waals surface area contributed by atoms with Crippen molar-refractivity contribution in [2.24, 2.45) is 5.73 Å². The molecule has 1 nitrogen and oxygen atoms in total. The van der Waals surface area contributed by atoms with Crippen molar-refractivity contribution in [3.8, 4) is 0 Å². The molecule has 1 aromatic carbocycles. The molecule has 2 N–H and O–H groups in total. The largest absolute Gasteiger partial charge is 0.330 e. The van der Waals surface area contributed by atoms with Crippen molar-refractivity contribution >= 4 is 15.9 Å². The van der Waals surface area contributed by atoms with Crippen molar-refractivity contribution < 1.29 is 0 Å². The highest BCUT2D eigenvalue weighted by molar-refractivity contribution is 9.10. The van der Waals surface area contributed by atoms with Gasteiger partial charge in [-0.05, 0) is 49.4 Å². The van der Waals surface area contributed by atoms with Crippen molar-refractivity contribution in [1.82, 2.24) is 0 Å². The average molecular weight is 256 g/mol. The minimum atomic E-state index is 0.607. The molecule has 0 saturated carbocycles. The molecule has 1 rings (SSSR count). The highest BCUT2D eigenvalue weighted by Crippen LogP contribution is 2.25. The number of hydrogen-bond donors (Lipinski definition) is 1. The van der Waals surface area contributed by atoms with Crippen LogP contribution in [0.3, 0.4) is 0 Å². The fraction of sp³-hybridized carbons (Fsp3) is 0.500. The van der Waals surface area contributed by atoms with Gasteiger partial charge in [-0.2, -0.15) is 0 Å². The molecular weight excluding hydrogens is 238 g/mol. The van der Waals surface area contributed by atoms with E-state index in [0.717, 1.165) is 13.0 Å². The Morgan fingerprint density at radius 2 is 2.14 bits per heavy atom. The van der Waals surface area contributed by atoms with Gasteiger partial charge in [-0.25, -0.2) is 0 Å². The molecule has 0 spiro atoms. The Morgan fingerprint density at radius 3 is 2.71 bits per heavy atom. The standard InChI is InChI=1S/C12H18BrN/c1-9(4-3-7-14)11-6-5-10(2)12(13)8-11/h5-6,8-9H,3-4,7,14H2,1-2H3. The number of aryl methyl sites for hydroxylation is 1. The fourth-order valence-corrected chi connectivity index (χ4v) is 1.90. The molecule has 78 valence electrons. The summed E-state index contributed by atoms with van der Waals surface area (Å²) in [7, 11) is 0. The molecular formula is C12H18BrN. The number of benzene rings is 1. The molecule has 0 aromatic heterocycles. The number of hydrogen-bond acceptors (Lipinski definition) is 1. The maximum atomic E-state index is 5.50. The van der Waals surface area contributed by atoms with Crippen LogP contribution in [0.25, 0.3) is 0 Å². The molecule has 0 bridgehead atoms. The lowest BCUT2D eigenvalue weighted by Gasteiger charge is -2.12. The first kappa shape index (κ1) is 11.7. The predicted octanol–water partition coefficient (Wildman–Crippen LogP) is 3.60. The van der Waals surface area contributed by atoms with Crippen LogP contribution in [0, 0.1) is 6.92 Å². The molecule has 2 heteroatoms. The first-order valence-electron chi connectivity index (χ1n) is 5.11. The quantitative estimate of drug-likeness (QED) is 0.875.